The molecule has 0 saturated carbocycles. The van der Waals surface area contributed by atoms with Crippen molar-refractivity contribution in [2.24, 2.45) is 0 Å². The highest BCUT2D eigenvalue weighted by molar-refractivity contribution is 9.10. The average Bonchev–Trinajstić information content (AvgIpc) is 3.07. The molecule has 4 rings (SSSR count). The Labute approximate surface area is 180 Å². The maximum absolute atomic E-state index is 13.4. The third kappa shape index (κ3) is 3.49. The number of allylic oxidation sites excluding steroid dienone is 1. The molecule has 1 saturated heterocycles. The molecule has 0 aliphatic carbocycles. The number of Topliss-reactive ketones (excluding diaryl/α,β-unsaturated/α-hetero) is 1. The average molecular weight is 478 g/mol. The van der Waals surface area contributed by atoms with Crippen LogP contribution in [0.2, 0.25) is 5.02 Å². The molecule has 2 aliphatic heterocycles. The highest BCUT2D eigenvalue weighted by atomic mass is 79.9. The van der Waals surface area contributed by atoms with Crippen molar-refractivity contribution in [1.82, 2.24) is 10.2 Å². The number of carboxylic acid groups (broad SMARTS) is 1. The lowest BCUT2D eigenvalue weighted by Crippen LogP contribution is -2.45. The first-order valence-electron chi connectivity index (χ1n) is 9.19. The van der Waals surface area contributed by atoms with E-state index < -0.39 is 12.1 Å². The Morgan fingerprint density at radius 2 is 2.00 bits per heavy atom. The van der Waals surface area contributed by atoms with Crippen molar-refractivity contribution < 1.29 is 19.8 Å². The van der Waals surface area contributed by atoms with Crippen molar-refractivity contribution in [3.63, 3.8) is 0 Å². The molecule has 0 amide bonds. The number of ketones is 1. The Balaban J connectivity index is 1.72. The third-order valence-electron chi connectivity index (χ3n) is 5.26. The molecule has 3 N–H and O–H groups in total. The van der Waals surface area contributed by atoms with Gasteiger partial charge in [0.15, 0.2) is 6.17 Å². The molecule has 1 fully saturated rings. The number of nitrogens with zero attached hydrogens (tertiary/aromatic N) is 1. The summed E-state index contributed by atoms with van der Waals surface area (Å²) in [4.78, 5) is 26.6. The van der Waals surface area contributed by atoms with Gasteiger partial charge in [-0.1, -0.05) is 23.7 Å². The Kier molecular flexibility index (Phi) is 5.27. The molecule has 2 aromatic rings. The Morgan fingerprint density at radius 1 is 1.21 bits per heavy atom. The van der Waals surface area contributed by atoms with Crippen LogP contribution in [0.1, 0.15) is 45.5 Å². The van der Waals surface area contributed by atoms with E-state index >= 15 is 0 Å². The zero-order valence-electron chi connectivity index (χ0n) is 15.3. The summed E-state index contributed by atoms with van der Waals surface area (Å²) in [6, 6.07) is 9.67. The molecule has 0 radical (unpaired) electrons. The van der Waals surface area contributed by atoms with E-state index in [1.54, 1.807) is 24.3 Å². The monoisotopic (exact) mass is 476 g/mol. The molecule has 2 aromatic carbocycles. The standard InChI is InChI=1S/C21H18BrClN2O4/c22-13-4-3-5-14(23)17(13)19(27)20-24-18(15-6-1-2-9-25(15)20)11-7-8-12(21(28)29)16(26)10-11/h3-5,7-8,10,20,24,26H,1-2,6,9H2,(H,28,29). The lowest BCUT2D eigenvalue weighted by molar-refractivity contribution is 0.0693. The quantitative estimate of drug-likeness (QED) is 0.563. The molecular weight excluding hydrogens is 460 g/mol. The number of hydrogen-bond acceptors (Lipinski definition) is 5. The van der Waals surface area contributed by atoms with Gasteiger partial charge in [0.25, 0.3) is 0 Å². The number of hydrogen-bond donors (Lipinski definition) is 3. The van der Waals surface area contributed by atoms with Crippen LogP contribution in [0.4, 0.5) is 0 Å². The fourth-order valence-electron chi connectivity index (χ4n) is 3.90. The molecule has 0 spiro atoms. The summed E-state index contributed by atoms with van der Waals surface area (Å²) in [7, 11) is 0. The topological polar surface area (TPSA) is 89.9 Å². The maximum atomic E-state index is 13.4. The van der Waals surface area contributed by atoms with Gasteiger partial charge in [0.05, 0.1) is 16.3 Å². The highest BCUT2D eigenvalue weighted by Crippen LogP contribution is 2.38. The fraction of sp³-hybridized carbons (Fsp3) is 0.238. The first kappa shape index (κ1) is 19.8. The van der Waals surface area contributed by atoms with Gasteiger partial charge in [0.2, 0.25) is 5.78 Å². The van der Waals surface area contributed by atoms with E-state index in [0.29, 0.717) is 20.6 Å². The van der Waals surface area contributed by atoms with Gasteiger partial charge in [0.1, 0.15) is 11.3 Å². The van der Waals surface area contributed by atoms with E-state index in [9.17, 15) is 14.7 Å². The summed E-state index contributed by atoms with van der Waals surface area (Å²) in [6.45, 7) is 0.726. The normalized spacial score (nSPS) is 18.4. The number of benzene rings is 2. The van der Waals surface area contributed by atoms with Crippen LogP contribution in [-0.2, 0) is 0 Å². The van der Waals surface area contributed by atoms with E-state index in [2.05, 4.69) is 21.2 Å². The molecule has 1 unspecified atom stereocenters. The van der Waals surface area contributed by atoms with Crippen molar-refractivity contribution in [2.45, 2.75) is 25.4 Å². The number of aromatic hydroxyl groups is 1. The molecule has 29 heavy (non-hydrogen) atoms. The van der Waals surface area contributed by atoms with Crippen molar-refractivity contribution in [3.05, 3.63) is 68.3 Å². The minimum atomic E-state index is -1.19. The summed E-state index contributed by atoms with van der Waals surface area (Å²) in [5.74, 6) is -1.65. The van der Waals surface area contributed by atoms with Crippen molar-refractivity contribution in [3.8, 4) is 5.75 Å². The maximum Gasteiger partial charge on any atom is 0.339 e. The van der Waals surface area contributed by atoms with Crippen molar-refractivity contribution in [2.75, 3.05) is 6.54 Å². The number of aromatic carboxylic acids is 1. The second kappa shape index (κ2) is 7.72. The smallest absolute Gasteiger partial charge is 0.339 e. The van der Waals surface area contributed by atoms with E-state index in [1.165, 1.54) is 12.1 Å². The summed E-state index contributed by atoms with van der Waals surface area (Å²) in [6.07, 6.45) is 2.14. The van der Waals surface area contributed by atoms with Crippen LogP contribution in [0.5, 0.6) is 5.75 Å². The number of carboxylic acids is 1. The molecule has 0 bridgehead atoms. The summed E-state index contributed by atoms with van der Waals surface area (Å²) in [5, 5.41) is 22.9. The fourth-order valence-corrected chi connectivity index (χ4v) is 4.84. The molecule has 2 aliphatic rings. The van der Waals surface area contributed by atoms with Crippen LogP contribution < -0.4 is 5.32 Å². The van der Waals surface area contributed by atoms with Crippen LogP contribution >= 0.6 is 27.5 Å². The lowest BCUT2D eigenvalue weighted by Gasteiger charge is -2.31. The van der Waals surface area contributed by atoms with Gasteiger partial charge in [-0.05, 0) is 59.5 Å². The SMILES string of the molecule is O=C(O)c1ccc(C2=C3CCCCN3C(C(=O)c3c(Cl)cccc3Br)N2)cc1O. The molecule has 6 nitrogen and oxygen atoms in total. The number of piperidine rings is 1. The van der Waals surface area contributed by atoms with Gasteiger partial charge < -0.3 is 20.4 Å². The molecule has 150 valence electrons. The third-order valence-corrected chi connectivity index (χ3v) is 6.24. The van der Waals surface area contributed by atoms with E-state index in [4.69, 9.17) is 16.7 Å². The molecule has 8 heteroatoms. The molecule has 2 heterocycles. The Bertz CT molecular complexity index is 1030. The summed E-state index contributed by atoms with van der Waals surface area (Å²) in [5.41, 5.74) is 2.62. The van der Waals surface area contributed by atoms with Gasteiger partial charge in [-0.2, -0.15) is 0 Å². The first-order valence-corrected chi connectivity index (χ1v) is 10.4. The van der Waals surface area contributed by atoms with E-state index in [0.717, 1.165) is 37.2 Å². The number of carbonyl (C=O) groups is 2. The number of halogens is 2. The minimum Gasteiger partial charge on any atom is -0.507 e. The molecule has 0 aromatic heterocycles. The highest BCUT2D eigenvalue weighted by Gasteiger charge is 2.39. The number of carbonyl (C=O) groups excluding carboxylic acids is 1. The van der Waals surface area contributed by atoms with Gasteiger partial charge in [-0.3, -0.25) is 4.79 Å². The predicted molar refractivity (Wildman–Crippen MR) is 113 cm³/mol. The van der Waals surface area contributed by atoms with Gasteiger partial charge >= 0.3 is 5.97 Å². The Hall–Kier alpha value is -2.51. The van der Waals surface area contributed by atoms with Crippen LogP contribution in [0.25, 0.3) is 5.70 Å². The largest absolute Gasteiger partial charge is 0.507 e. The van der Waals surface area contributed by atoms with Gasteiger partial charge in [0, 0.05) is 22.3 Å². The van der Waals surface area contributed by atoms with Gasteiger partial charge in [-0.15, -0.1) is 0 Å². The van der Waals surface area contributed by atoms with Crippen LogP contribution in [0.3, 0.4) is 0 Å². The zero-order chi connectivity index (χ0) is 20.7. The summed E-state index contributed by atoms with van der Waals surface area (Å²) < 4.78 is 0.632. The number of rotatable bonds is 4. The zero-order valence-corrected chi connectivity index (χ0v) is 17.6. The van der Waals surface area contributed by atoms with Crippen molar-refractivity contribution >= 4 is 45.0 Å². The van der Waals surface area contributed by atoms with Crippen LogP contribution in [-0.4, -0.2) is 39.6 Å². The summed E-state index contributed by atoms with van der Waals surface area (Å²) >= 11 is 9.72. The predicted octanol–water partition coefficient (Wildman–Crippen LogP) is 4.47. The van der Waals surface area contributed by atoms with Crippen LogP contribution in [0.15, 0.2) is 46.6 Å². The van der Waals surface area contributed by atoms with Crippen LogP contribution in [0, 0.1) is 0 Å². The van der Waals surface area contributed by atoms with Gasteiger partial charge in [-0.25, -0.2) is 4.79 Å². The van der Waals surface area contributed by atoms with Crippen molar-refractivity contribution in [1.29, 1.82) is 0 Å². The number of phenols is 1. The van der Waals surface area contributed by atoms with E-state index in [-0.39, 0.29) is 17.1 Å². The second-order valence-electron chi connectivity index (χ2n) is 7.02. The molecular formula is C21H18BrClN2O4. The number of fused-ring (bicyclic) bond motifs is 1. The first-order chi connectivity index (χ1) is 13.9. The minimum absolute atomic E-state index is 0.150. The Morgan fingerprint density at radius 3 is 2.69 bits per heavy atom. The second-order valence-corrected chi connectivity index (χ2v) is 8.28. The number of nitrogens with one attached hydrogen (secondary N) is 1. The molecule has 1 atom stereocenters. The van der Waals surface area contributed by atoms with E-state index in [1.807, 2.05) is 4.90 Å². The lowest BCUT2D eigenvalue weighted by atomic mass is 10.0.